The van der Waals surface area contributed by atoms with E-state index in [9.17, 15) is 0 Å². The van der Waals surface area contributed by atoms with E-state index in [1.54, 1.807) is 0 Å². The summed E-state index contributed by atoms with van der Waals surface area (Å²) in [6, 6.07) is 8.09. The van der Waals surface area contributed by atoms with Gasteiger partial charge in [0.25, 0.3) is 0 Å². The van der Waals surface area contributed by atoms with Gasteiger partial charge in [0, 0.05) is 17.6 Å². The largest absolute Gasteiger partial charge is 0.492 e. The molecule has 1 aliphatic rings. The second-order valence-electron chi connectivity index (χ2n) is 4.71. The number of halogens is 1. The molecule has 1 aliphatic carbocycles. The summed E-state index contributed by atoms with van der Waals surface area (Å²) < 4.78 is 5.70. The minimum absolute atomic E-state index is 0.576. The molecule has 0 radical (unpaired) electrons. The van der Waals surface area contributed by atoms with Crippen LogP contribution in [0.1, 0.15) is 19.3 Å². The van der Waals surface area contributed by atoms with Crippen LogP contribution in [0.2, 0.25) is 5.02 Å². The predicted octanol–water partition coefficient (Wildman–Crippen LogP) is 3.76. The monoisotopic (exact) mass is 265 g/mol. The summed E-state index contributed by atoms with van der Waals surface area (Å²) in [7, 11) is 2.16. The highest BCUT2D eigenvalue weighted by Crippen LogP contribution is 2.17. The van der Waals surface area contributed by atoms with Gasteiger partial charge in [0.05, 0.1) is 0 Å². The number of hydrogen-bond donors (Lipinski definition) is 0. The summed E-state index contributed by atoms with van der Waals surface area (Å²) in [6.07, 6.45) is 8.37. The molecular weight excluding hydrogens is 246 g/mol. The van der Waals surface area contributed by atoms with Crippen molar-refractivity contribution in [2.45, 2.75) is 25.3 Å². The van der Waals surface area contributed by atoms with Crippen molar-refractivity contribution in [2.24, 2.45) is 0 Å². The van der Waals surface area contributed by atoms with Crippen molar-refractivity contribution in [1.29, 1.82) is 0 Å². The van der Waals surface area contributed by atoms with Crippen LogP contribution >= 0.6 is 11.6 Å². The Morgan fingerprint density at radius 3 is 2.78 bits per heavy atom. The van der Waals surface area contributed by atoms with E-state index in [-0.39, 0.29) is 0 Å². The SMILES string of the molecule is CN(CCOc1ccc(Cl)cc1)C1C=CCCC1. The molecule has 0 spiro atoms. The smallest absolute Gasteiger partial charge is 0.119 e. The zero-order valence-electron chi connectivity index (χ0n) is 10.8. The molecule has 3 heteroatoms. The highest BCUT2D eigenvalue weighted by Gasteiger charge is 2.13. The van der Waals surface area contributed by atoms with Crippen LogP contribution in [0.5, 0.6) is 5.75 Å². The van der Waals surface area contributed by atoms with Crippen molar-refractivity contribution in [2.75, 3.05) is 20.2 Å². The highest BCUT2D eigenvalue weighted by atomic mass is 35.5. The molecule has 18 heavy (non-hydrogen) atoms. The molecule has 0 saturated heterocycles. The van der Waals surface area contributed by atoms with Gasteiger partial charge in [-0.2, -0.15) is 0 Å². The molecule has 0 aromatic heterocycles. The van der Waals surface area contributed by atoms with Crippen LogP contribution in [0.25, 0.3) is 0 Å². The fourth-order valence-corrected chi connectivity index (χ4v) is 2.29. The van der Waals surface area contributed by atoms with Crippen molar-refractivity contribution in [1.82, 2.24) is 4.90 Å². The van der Waals surface area contributed by atoms with Crippen LogP contribution < -0.4 is 4.74 Å². The number of likely N-dealkylation sites (N-methyl/N-ethyl adjacent to an activating group) is 1. The fraction of sp³-hybridized carbons (Fsp3) is 0.467. The third-order valence-corrected chi connectivity index (χ3v) is 3.57. The van der Waals surface area contributed by atoms with Gasteiger partial charge in [-0.05, 0) is 50.6 Å². The van der Waals surface area contributed by atoms with E-state index in [1.807, 2.05) is 24.3 Å². The summed E-state index contributed by atoms with van der Waals surface area (Å²) in [4.78, 5) is 2.35. The van der Waals surface area contributed by atoms with E-state index in [2.05, 4.69) is 24.1 Å². The molecule has 0 N–H and O–H groups in total. The van der Waals surface area contributed by atoms with Gasteiger partial charge < -0.3 is 4.74 Å². The average Bonchev–Trinajstić information content (AvgIpc) is 2.42. The molecule has 0 heterocycles. The number of allylic oxidation sites excluding steroid dienone is 1. The maximum absolute atomic E-state index is 5.83. The standard InChI is InChI=1S/C15H20ClNO/c1-17(14-5-3-2-4-6-14)11-12-18-15-9-7-13(16)8-10-15/h3,5,7-10,14H,2,4,6,11-12H2,1H3. The number of ether oxygens (including phenoxy) is 1. The van der Waals surface area contributed by atoms with Crippen molar-refractivity contribution in [3.05, 3.63) is 41.4 Å². The minimum atomic E-state index is 0.576. The van der Waals surface area contributed by atoms with Crippen LogP contribution in [0.3, 0.4) is 0 Å². The van der Waals surface area contributed by atoms with Gasteiger partial charge >= 0.3 is 0 Å². The van der Waals surface area contributed by atoms with Crippen molar-refractivity contribution in [3.63, 3.8) is 0 Å². The Kier molecular flexibility index (Phi) is 5.09. The summed E-state index contributed by atoms with van der Waals surface area (Å²) in [5.41, 5.74) is 0. The van der Waals surface area contributed by atoms with Gasteiger partial charge in [0.15, 0.2) is 0 Å². The van der Waals surface area contributed by atoms with Crippen LogP contribution in [0.15, 0.2) is 36.4 Å². The van der Waals surface area contributed by atoms with Gasteiger partial charge in [-0.1, -0.05) is 23.8 Å². The van der Waals surface area contributed by atoms with Crippen molar-refractivity contribution in [3.8, 4) is 5.75 Å². The first-order chi connectivity index (χ1) is 8.75. The lowest BCUT2D eigenvalue weighted by molar-refractivity contribution is 0.203. The number of benzene rings is 1. The maximum atomic E-state index is 5.83. The Morgan fingerprint density at radius 2 is 2.11 bits per heavy atom. The van der Waals surface area contributed by atoms with Gasteiger partial charge in [0.1, 0.15) is 12.4 Å². The summed E-state index contributed by atoms with van der Waals surface area (Å²) in [5, 5.41) is 0.742. The van der Waals surface area contributed by atoms with Crippen LogP contribution in [0.4, 0.5) is 0 Å². The third kappa shape index (κ3) is 4.04. The Hall–Kier alpha value is -0.990. The zero-order chi connectivity index (χ0) is 12.8. The van der Waals surface area contributed by atoms with E-state index < -0.39 is 0 Å². The summed E-state index contributed by atoms with van der Waals surface area (Å²) in [5.74, 6) is 0.881. The summed E-state index contributed by atoms with van der Waals surface area (Å²) >= 11 is 5.83. The van der Waals surface area contributed by atoms with Crippen molar-refractivity contribution >= 4 is 11.6 Å². The van der Waals surface area contributed by atoms with E-state index in [0.29, 0.717) is 12.6 Å². The molecule has 0 saturated carbocycles. The average molecular weight is 266 g/mol. The lowest BCUT2D eigenvalue weighted by Crippen LogP contribution is -2.34. The Morgan fingerprint density at radius 1 is 1.33 bits per heavy atom. The molecule has 0 bridgehead atoms. The Labute approximate surface area is 114 Å². The Balaban J connectivity index is 1.72. The number of nitrogens with zero attached hydrogens (tertiary/aromatic N) is 1. The quantitative estimate of drug-likeness (QED) is 0.752. The highest BCUT2D eigenvalue weighted by molar-refractivity contribution is 6.30. The molecule has 1 unspecified atom stereocenters. The van der Waals surface area contributed by atoms with Crippen LogP contribution in [-0.4, -0.2) is 31.1 Å². The second kappa shape index (κ2) is 6.81. The molecule has 2 rings (SSSR count). The zero-order valence-corrected chi connectivity index (χ0v) is 11.6. The minimum Gasteiger partial charge on any atom is -0.492 e. The molecule has 98 valence electrons. The number of hydrogen-bond acceptors (Lipinski definition) is 2. The molecule has 0 fully saturated rings. The topological polar surface area (TPSA) is 12.5 Å². The van der Waals surface area contributed by atoms with E-state index in [1.165, 1.54) is 19.3 Å². The maximum Gasteiger partial charge on any atom is 0.119 e. The fourth-order valence-electron chi connectivity index (χ4n) is 2.17. The normalized spacial score (nSPS) is 19.2. The second-order valence-corrected chi connectivity index (χ2v) is 5.15. The molecule has 1 aromatic carbocycles. The van der Waals surface area contributed by atoms with E-state index >= 15 is 0 Å². The van der Waals surface area contributed by atoms with Crippen LogP contribution in [-0.2, 0) is 0 Å². The van der Waals surface area contributed by atoms with Gasteiger partial charge in [0.2, 0.25) is 0 Å². The third-order valence-electron chi connectivity index (χ3n) is 3.32. The van der Waals surface area contributed by atoms with E-state index in [4.69, 9.17) is 16.3 Å². The molecular formula is C15H20ClNO. The molecule has 0 aliphatic heterocycles. The Bertz CT molecular complexity index is 388. The summed E-state index contributed by atoms with van der Waals surface area (Å²) in [6.45, 7) is 1.65. The lowest BCUT2D eigenvalue weighted by Gasteiger charge is -2.27. The van der Waals surface area contributed by atoms with Gasteiger partial charge in [-0.3, -0.25) is 4.90 Å². The molecule has 2 nitrogen and oxygen atoms in total. The first-order valence-electron chi connectivity index (χ1n) is 6.51. The van der Waals surface area contributed by atoms with Crippen molar-refractivity contribution < 1.29 is 4.74 Å². The molecule has 1 aromatic rings. The van der Waals surface area contributed by atoms with Gasteiger partial charge in [-0.25, -0.2) is 0 Å². The number of rotatable bonds is 5. The van der Waals surface area contributed by atoms with E-state index in [0.717, 1.165) is 17.3 Å². The van der Waals surface area contributed by atoms with Gasteiger partial charge in [-0.15, -0.1) is 0 Å². The van der Waals surface area contributed by atoms with Crippen LogP contribution in [0, 0.1) is 0 Å². The molecule has 0 amide bonds. The molecule has 1 atom stereocenters. The first-order valence-corrected chi connectivity index (χ1v) is 6.89. The first kappa shape index (κ1) is 13.4. The predicted molar refractivity (Wildman–Crippen MR) is 76.4 cm³/mol. The lowest BCUT2D eigenvalue weighted by atomic mass is 10.0.